The van der Waals surface area contributed by atoms with Crippen LogP contribution in [0.25, 0.3) is 0 Å². The van der Waals surface area contributed by atoms with Gasteiger partial charge in [0.05, 0.1) is 5.41 Å². The topological polar surface area (TPSA) is 41.1 Å². The van der Waals surface area contributed by atoms with Crippen LogP contribution >= 0.6 is 0 Å². The third-order valence-electron chi connectivity index (χ3n) is 3.84. The van der Waals surface area contributed by atoms with Crippen molar-refractivity contribution in [2.24, 2.45) is 5.41 Å². The highest BCUT2D eigenvalue weighted by Gasteiger charge is 2.49. The Kier molecular flexibility index (Phi) is 4.59. The van der Waals surface area contributed by atoms with Crippen LogP contribution in [0.15, 0.2) is 30.3 Å². The van der Waals surface area contributed by atoms with Gasteiger partial charge in [0, 0.05) is 12.6 Å². The zero-order valence-electron chi connectivity index (χ0n) is 11.9. The number of carbonyl (C=O) groups is 1. The monoisotopic (exact) mass is 260 g/mol. The van der Waals surface area contributed by atoms with Crippen LogP contribution in [-0.2, 0) is 11.2 Å². The fraction of sp³-hybridized carbons (Fsp3) is 0.562. The molecule has 1 fully saturated rings. The number of hydrogen-bond acceptors (Lipinski definition) is 2. The fourth-order valence-electron chi connectivity index (χ4n) is 2.48. The quantitative estimate of drug-likeness (QED) is 0.788. The maximum atomic E-state index is 12.3. The fourth-order valence-corrected chi connectivity index (χ4v) is 2.48. The summed E-state index contributed by atoms with van der Waals surface area (Å²) in [5, 5.41) is 6.40. The number of nitrogens with one attached hydrogen (secondary N) is 2. The van der Waals surface area contributed by atoms with Gasteiger partial charge in [-0.05, 0) is 38.3 Å². The van der Waals surface area contributed by atoms with Gasteiger partial charge < -0.3 is 10.6 Å². The highest BCUT2D eigenvalue weighted by atomic mass is 16.2. The Morgan fingerprint density at radius 1 is 1.32 bits per heavy atom. The van der Waals surface area contributed by atoms with Crippen LogP contribution in [0.5, 0.6) is 0 Å². The molecule has 1 aliphatic carbocycles. The molecule has 0 saturated heterocycles. The summed E-state index contributed by atoms with van der Waals surface area (Å²) in [6, 6.07) is 10.6. The average Bonchev–Trinajstić information content (AvgIpc) is 3.18. The van der Waals surface area contributed by atoms with Crippen molar-refractivity contribution in [2.45, 2.75) is 39.2 Å². The van der Waals surface area contributed by atoms with Gasteiger partial charge in [-0.1, -0.05) is 37.3 Å². The molecule has 0 spiro atoms. The molecule has 0 aromatic heterocycles. The first kappa shape index (κ1) is 14.1. The standard InChI is InChI=1S/C16H24N2O/c1-3-17-13(2)12-18-15(19)16(9-10-16)11-14-7-5-4-6-8-14/h4-8,13,17H,3,9-12H2,1-2H3,(H,18,19)/t13-/m1/s1. The van der Waals surface area contributed by atoms with Gasteiger partial charge in [-0.3, -0.25) is 4.79 Å². The molecule has 0 radical (unpaired) electrons. The van der Waals surface area contributed by atoms with E-state index in [2.05, 4.69) is 36.6 Å². The zero-order chi connectivity index (χ0) is 13.7. The third kappa shape index (κ3) is 3.80. The van der Waals surface area contributed by atoms with Gasteiger partial charge >= 0.3 is 0 Å². The molecule has 2 N–H and O–H groups in total. The Morgan fingerprint density at radius 3 is 2.58 bits per heavy atom. The number of amides is 1. The first-order valence-corrected chi connectivity index (χ1v) is 7.22. The van der Waals surface area contributed by atoms with Crippen molar-refractivity contribution in [3.05, 3.63) is 35.9 Å². The van der Waals surface area contributed by atoms with E-state index in [-0.39, 0.29) is 11.3 Å². The van der Waals surface area contributed by atoms with Crippen LogP contribution < -0.4 is 10.6 Å². The highest BCUT2D eigenvalue weighted by molar-refractivity contribution is 5.85. The Morgan fingerprint density at radius 2 is 2.00 bits per heavy atom. The molecule has 1 aliphatic rings. The molecule has 19 heavy (non-hydrogen) atoms. The van der Waals surface area contributed by atoms with Gasteiger partial charge in [0.15, 0.2) is 0 Å². The third-order valence-corrected chi connectivity index (χ3v) is 3.84. The molecule has 1 aromatic carbocycles. The molecule has 0 unspecified atom stereocenters. The van der Waals surface area contributed by atoms with Crippen molar-refractivity contribution in [1.82, 2.24) is 10.6 Å². The van der Waals surface area contributed by atoms with E-state index in [4.69, 9.17) is 0 Å². The molecule has 3 nitrogen and oxygen atoms in total. The molecule has 1 atom stereocenters. The normalized spacial score (nSPS) is 17.8. The summed E-state index contributed by atoms with van der Waals surface area (Å²) in [7, 11) is 0. The van der Waals surface area contributed by atoms with Gasteiger partial charge in [0.25, 0.3) is 0 Å². The molecule has 1 amide bonds. The van der Waals surface area contributed by atoms with Gasteiger partial charge in [0.2, 0.25) is 5.91 Å². The van der Waals surface area contributed by atoms with E-state index in [0.29, 0.717) is 12.6 Å². The van der Waals surface area contributed by atoms with E-state index in [1.54, 1.807) is 0 Å². The minimum absolute atomic E-state index is 0.132. The maximum Gasteiger partial charge on any atom is 0.226 e. The molecule has 1 aromatic rings. The van der Waals surface area contributed by atoms with Crippen LogP contribution in [0.2, 0.25) is 0 Å². The predicted octanol–water partition coefficient (Wildman–Crippen LogP) is 2.12. The first-order chi connectivity index (χ1) is 9.16. The lowest BCUT2D eigenvalue weighted by Crippen LogP contribution is -2.42. The van der Waals surface area contributed by atoms with Crippen LogP contribution in [0.1, 0.15) is 32.3 Å². The van der Waals surface area contributed by atoms with Crippen molar-refractivity contribution in [2.75, 3.05) is 13.1 Å². The van der Waals surface area contributed by atoms with Crippen molar-refractivity contribution in [3.8, 4) is 0 Å². The van der Waals surface area contributed by atoms with Crippen molar-refractivity contribution >= 4 is 5.91 Å². The van der Waals surface area contributed by atoms with Crippen molar-refractivity contribution in [3.63, 3.8) is 0 Å². The van der Waals surface area contributed by atoms with E-state index < -0.39 is 0 Å². The minimum atomic E-state index is -0.132. The lowest BCUT2D eigenvalue weighted by Gasteiger charge is -2.18. The number of carbonyl (C=O) groups excluding carboxylic acids is 1. The van der Waals surface area contributed by atoms with Gasteiger partial charge in [0.1, 0.15) is 0 Å². The average molecular weight is 260 g/mol. The summed E-state index contributed by atoms with van der Waals surface area (Å²) >= 11 is 0. The van der Waals surface area contributed by atoms with Crippen LogP contribution in [0.4, 0.5) is 0 Å². The Labute approximate surface area is 115 Å². The summed E-state index contributed by atoms with van der Waals surface area (Å²) in [6.07, 6.45) is 2.90. The SMILES string of the molecule is CCN[C@H](C)CNC(=O)C1(Cc2ccccc2)CC1. The minimum Gasteiger partial charge on any atom is -0.354 e. The van der Waals surface area contributed by atoms with Crippen molar-refractivity contribution in [1.29, 1.82) is 0 Å². The molecule has 2 rings (SSSR count). The number of benzene rings is 1. The molecule has 0 bridgehead atoms. The lowest BCUT2D eigenvalue weighted by molar-refractivity contribution is -0.126. The van der Waals surface area contributed by atoms with Crippen LogP contribution in [-0.4, -0.2) is 25.0 Å². The van der Waals surface area contributed by atoms with Crippen LogP contribution in [0, 0.1) is 5.41 Å². The second-order valence-electron chi connectivity index (χ2n) is 5.61. The van der Waals surface area contributed by atoms with E-state index in [1.165, 1.54) is 5.56 Å². The van der Waals surface area contributed by atoms with Gasteiger partial charge in [-0.15, -0.1) is 0 Å². The summed E-state index contributed by atoms with van der Waals surface area (Å²) < 4.78 is 0. The molecule has 0 aliphatic heterocycles. The Hall–Kier alpha value is -1.35. The molecule has 0 heterocycles. The largest absolute Gasteiger partial charge is 0.354 e. The van der Waals surface area contributed by atoms with E-state index in [9.17, 15) is 4.79 Å². The molecule has 1 saturated carbocycles. The number of rotatable bonds is 7. The van der Waals surface area contributed by atoms with Gasteiger partial charge in [-0.25, -0.2) is 0 Å². The predicted molar refractivity (Wildman–Crippen MR) is 78.0 cm³/mol. The van der Waals surface area contributed by atoms with Gasteiger partial charge in [-0.2, -0.15) is 0 Å². The number of likely N-dealkylation sites (N-methyl/N-ethyl adjacent to an activating group) is 1. The molecule has 3 heteroatoms. The second-order valence-corrected chi connectivity index (χ2v) is 5.61. The summed E-state index contributed by atoms with van der Waals surface area (Å²) in [4.78, 5) is 12.3. The zero-order valence-corrected chi connectivity index (χ0v) is 11.9. The molecule has 104 valence electrons. The lowest BCUT2D eigenvalue weighted by atomic mass is 9.95. The van der Waals surface area contributed by atoms with E-state index in [0.717, 1.165) is 25.8 Å². The highest BCUT2D eigenvalue weighted by Crippen LogP contribution is 2.48. The Balaban J connectivity index is 1.85. The van der Waals surface area contributed by atoms with E-state index >= 15 is 0 Å². The van der Waals surface area contributed by atoms with Crippen molar-refractivity contribution < 1.29 is 4.79 Å². The molecular weight excluding hydrogens is 236 g/mol. The molecular formula is C16H24N2O. The van der Waals surface area contributed by atoms with Crippen LogP contribution in [0.3, 0.4) is 0 Å². The Bertz CT molecular complexity index is 412. The summed E-state index contributed by atoms with van der Waals surface area (Å²) in [6.45, 7) is 5.83. The first-order valence-electron chi connectivity index (χ1n) is 7.22. The summed E-state index contributed by atoms with van der Waals surface area (Å²) in [5.41, 5.74) is 1.13. The second kappa shape index (κ2) is 6.20. The van der Waals surface area contributed by atoms with E-state index in [1.807, 2.05) is 18.2 Å². The summed E-state index contributed by atoms with van der Waals surface area (Å²) in [5.74, 6) is 0.223. The maximum absolute atomic E-state index is 12.3. The number of hydrogen-bond donors (Lipinski definition) is 2. The smallest absolute Gasteiger partial charge is 0.226 e.